The fraction of sp³-hybridized carbons (Fsp3) is 0.562. The predicted molar refractivity (Wildman–Crippen MR) is 76.2 cm³/mol. The third kappa shape index (κ3) is 5.35. The normalized spacial score (nSPS) is 10.7. The molecular weight excluding hydrogens is 222 g/mol. The zero-order valence-electron chi connectivity index (χ0n) is 11.9. The first-order valence-electron chi connectivity index (χ1n) is 6.95. The highest BCUT2D eigenvalue weighted by atomic mass is 16.2. The molecule has 100 valence electrons. The van der Waals surface area contributed by atoms with Gasteiger partial charge in [-0.05, 0) is 17.9 Å². The lowest BCUT2D eigenvalue weighted by atomic mass is 10.1. The van der Waals surface area contributed by atoms with Crippen LogP contribution in [0, 0.1) is 5.92 Å². The molecule has 1 aromatic carbocycles. The third-order valence-corrected chi connectivity index (χ3v) is 2.93. The van der Waals surface area contributed by atoms with Crippen LogP contribution in [-0.2, 0) is 11.3 Å². The van der Waals surface area contributed by atoms with Crippen molar-refractivity contribution in [3.8, 4) is 0 Å². The Balaban J connectivity index is 2.63. The standard InChI is InChI=1S/C16H25NO/c1-4-5-11-17(16(18)12-14(2)3)13-15-9-7-6-8-10-15/h6-10,14H,4-5,11-13H2,1-3H3. The van der Waals surface area contributed by atoms with Crippen molar-refractivity contribution < 1.29 is 4.79 Å². The Morgan fingerprint density at radius 3 is 2.44 bits per heavy atom. The second-order valence-corrected chi connectivity index (χ2v) is 5.25. The predicted octanol–water partition coefficient (Wildman–Crippen LogP) is 3.86. The van der Waals surface area contributed by atoms with Gasteiger partial charge in [-0.25, -0.2) is 0 Å². The van der Waals surface area contributed by atoms with Gasteiger partial charge in [-0.1, -0.05) is 57.5 Å². The molecule has 18 heavy (non-hydrogen) atoms. The molecule has 0 fully saturated rings. The molecule has 0 saturated heterocycles. The van der Waals surface area contributed by atoms with Gasteiger partial charge < -0.3 is 4.90 Å². The number of rotatable bonds is 7. The Bertz CT molecular complexity index is 345. The van der Waals surface area contributed by atoms with Crippen LogP contribution in [0.5, 0.6) is 0 Å². The molecule has 1 aromatic rings. The fourth-order valence-electron chi connectivity index (χ4n) is 1.92. The van der Waals surface area contributed by atoms with Crippen LogP contribution in [0.25, 0.3) is 0 Å². The lowest BCUT2D eigenvalue weighted by molar-refractivity contribution is -0.132. The van der Waals surface area contributed by atoms with E-state index in [4.69, 9.17) is 0 Å². The number of benzene rings is 1. The number of hydrogen-bond donors (Lipinski definition) is 0. The first kappa shape index (κ1) is 14.7. The number of unbranched alkanes of at least 4 members (excludes halogenated alkanes) is 1. The van der Waals surface area contributed by atoms with Gasteiger partial charge in [-0.3, -0.25) is 4.79 Å². The van der Waals surface area contributed by atoms with E-state index in [1.165, 1.54) is 5.56 Å². The smallest absolute Gasteiger partial charge is 0.223 e. The summed E-state index contributed by atoms with van der Waals surface area (Å²) in [4.78, 5) is 14.2. The molecule has 0 aliphatic rings. The lowest BCUT2D eigenvalue weighted by Gasteiger charge is -2.23. The number of carbonyl (C=O) groups excluding carboxylic acids is 1. The number of hydrogen-bond acceptors (Lipinski definition) is 1. The zero-order chi connectivity index (χ0) is 13.4. The van der Waals surface area contributed by atoms with Gasteiger partial charge in [0.25, 0.3) is 0 Å². The number of amides is 1. The van der Waals surface area contributed by atoms with Crippen molar-refractivity contribution in [3.63, 3.8) is 0 Å². The van der Waals surface area contributed by atoms with Gasteiger partial charge in [0.05, 0.1) is 0 Å². The summed E-state index contributed by atoms with van der Waals surface area (Å²) in [6.07, 6.45) is 2.85. The van der Waals surface area contributed by atoms with E-state index in [9.17, 15) is 4.79 Å². The van der Waals surface area contributed by atoms with E-state index >= 15 is 0 Å². The first-order chi connectivity index (χ1) is 8.63. The first-order valence-corrected chi connectivity index (χ1v) is 6.95. The maximum Gasteiger partial charge on any atom is 0.223 e. The number of nitrogens with zero attached hydrogens (tertiary/aromatic N) is 1. The fourth-order valence-corrected chi connectivity index (χ4v) is 1.92. The highest BCUT2D eigenvalue weighted by Crippen LogP contribution is 2.10. The minimum Gasteiger partial charge on any atom is -0.338 e. The zero-order valence-corrected chi connectivity index (χ0v) is 11.9. The van der Waals surface area contributed by atoms with Gasteiger partial charge in [-0.2, -0.15) is 0 Å². The Hall–Kier alpha value is -1.31. The number of carbonyl (C=O) groups is 1. The summed E-state index contributed by atoms with van der Waals surface area (Å²) in [5, 5.41) is 0. The van der Waals surface area contributed by atoms with Crippen molar-refractivity contribution in [1.29, 1.82) is 0 Å². The van der Waals surface area contributed by atoms with Crippen LogP contribution in [0.15, 0.2) is 30.3 Å². The molecular formula is C16H25NO. The van der Waals surface area contributed by atoms with Gasteiger partial charge in [-0.15, -0.1) is 0 Å². The van der Waals surface area contributed by atoms with E-state index in [0.29, 0.717) is 12.3 Å². The van der Waals surface area contributed by atoms with Crippen molar-refractivity contribution in [3.05, 3.63) is 35.9 Å². The van der Waals surface area contributed by atoms with Crippen molar-refractivity contribution in [2.75, 3.05) is 6.54 Å². The quantitative estimate of drug-likeness (QED) is 0.716. The van der Waals surface area contributed by atoms with Gasteiger partial charge in [0.1, 0.15) is 0 Å². The van der Waals surface area contributed by atoms with Crippen LogP contribution in [0.4, 0.5) is 0 Å². The summed E-state index contributed by atoms with van der Waals surface area (Å²) in [5.74, 6) is 0.708. The SMILES string of the molecule is CCCCN(Cc1ccccc1)C(=O)CC(C)C. The van der Waals surface area contributed by atoms with Crippen molar-refractivity contribution >= 4 is 5.91 Å². The van der Waals surface area contributed by atoms with Crippen LogP contribution in [-0.4, -0.2) is 17.4 Å². The second-order valence-electron chi connectivity index (χ2n) is 5.25. The molecule has 0 heterocycles. The summed E-state index contributed by atoms with van der Waals surface area (Å²) in [7, 11) is 0. The highest BCUT2D eigenvalue weighted by molar-refractivity contribution is 5.76. The van der Waals surface area contributed by atoms with Crippen molar-refractivity contribution in [2.45, 2.75) is 46.6 Å². The average molecular weight is 247 g/mol. The Morgan fingerprint density at radius 2 is 1.89 bits per heavy atom. The average Bonchev–Trinajstić information content (AvgIpc) is 2.34. The summed E-state index contributed by atoms with van der Waals surface area (Å²) in [5.41, 5.74) is 1.21. The van der Waals surface area contributed by atoms with Crippen molar-refractivity contribution in [2.24, 2.45) is 5.92 Å². The summed E-state index contributed by atoms with van der Waals surface area (Å²) >= 11 is 0. The Labute approximate surface area is 111 Å². The molecule has 0 spiro atoms. The third-order valence-electron chi connectivity index (χ3n) is 2.93. The largest absolute Gasteiger partial charge is 0.338 e. The summed E-state index contributed by atoms with van der Waals surface area (Å²) in [6, 6.07) is 10.2. The molecule has 0 radical (unpaired) electrons. The molecule has 0 aromatic heterocycles. The van der Waals surface area contributed by atoms with Crippen LogP contribution < -0.4 is 0 Å². The molecule has 0 N–H and O–H groups in total. The van der Waals surface area contributed by atoms with E-state index in [0.717, 1.165) is 25.9 Å². The molecule has 2 heteroatoms. The molecule has 0 aliphatic carbocycles. The van der Waals surface area contributed by atoms with E-state index < -0.39 is 0 Å². The van der Waals surface area contributed by atoms with Gasteiger partial charge in [0.2, 0.25) is 5.91 Å². The van der Waals surface area contributed by atoms with Crippen molar-refractivity contribution in [1.82, 2.24) is 4.90 Å². The molecule has 1 amide bonds. The van der Waals surface area contributed by atoms with Crippen LogP contribution in [0.3, 0.4) is 0 Å². The van der Waals surface area contributed by atoms with E-state index in [1.54, 1.807) is 0 Å². The molecule has 0 unspecified atom stereocenters. The molecule has 0 bridgehead atoms. The van der Waals surface area contributed by atoms with Crippen LogP contribution in [0.1, 0.15) is 45.6 Å². The maximum atomic E-state index is 12.2. The molecule has 2 nitrogen and oxygen atoms in total. The highest BCUT2D eigenvalue weighted by Gasteiger charge is 2.14. The lowest BCUT2D eigenvalue weighted by Crippen LogP contribution is -2.32. The van der Waals surface area contributed by atoms with Gasteiger partial charge >= 0.3 is 0 Å². The minimum absolute atomic E-state index is 0.280. The summed E-state index contributed by atoms with van der Waals surface area (Å²) in [6.45, 7) is 7.97. The molecule has 0 atom stereocenters. The monoisotopic (exact) mass is 247 g/mol. The van der Waals surface area contributed by atoms with E-state index in [-0.39, 0.29) is 5.91 Å². The molecule has 0 aliphatic heterocycles. The minimum atomic E-state index is 0.280. The van der Waals surface area contributed by atoms with Gasteiger partial charge in [0.15, 0.2) is 0 Å². The Kier molecular flexibility index (Phi) is 6.48. The Morgan fingerprint density at radius 1 is 1.22 bits per heavy atom. The van der Waals surface area contributed by atoms with E-state index in [1.807, 2.05) is 23.1 Å². The van der Waals surface area contributed by atoms with Crippen LogP contribution >= 0.6 is 0 Å². The van der Waals surface area contributed by atoms with Gasteiger partial charge in [0, 0.05) is 19.5 Å². The molecule has 0 saturated carbocycles. The summed E-state index contributed by atoms with van der Waals surface area (Å²) < 4.78 is 0. The topological polar surface area (TPSA) is 20.3 Å². The second kappa shape index (κ2) is 7.91. The molecule has 1 rings (SSSR count). The maximum absolute atomic E-state index is 12.2. The van der Waals surface area contributed by atoms with Crippen LogP contribution in [0.2, 0.25) is 0 Å². The van der Waals surface area contributed by atoms with E-state index in [2.05, 4.69) is 32.9 Å².